The number of ether oxygens (including phenoxy) is 2. The van der Waals surface area contributed by atoms with Gasteiger partial charge >= 0.3 is 0 Å². The maximum absolute atomic E-state index is 13.2. The van der Waals surface area contributed by atoms with E-state index in [0.29, 0.717) is 56.5 Å². The molecule has 2 heterocycles. The number of carbonyl (C=O) groups is 2. The molecule has 0 radical (unpaired) electrons. The molecule has 1 atom stereocenters. The molecular weight excluding hydrogens is 478 g/mol. The zero-order chi connectivity index (χ0) is 26.2. The molecule has 2 N–H and O–H groups in total. The molecule has 1 unspecified atom stereocenters. The van der Waals surface area contributed by atoms with Gasteiger partial charge in [0.1, 0.15) is 12.4 Å². The van der Waals surface area contributed by atoms with Crippen molar-refractivity contribution in [1.82, 2.24) is 15.5 Å². The van der Waals surface area contributed by atoms with Crippen molar-refractivity contribution in [3.05, 3.63) is 64.7 Å². The maximum atomic E-state index is 13.2. The second kappa shape index (κ2) is 13.3. The number of rotatable bonds is 5. The Morgan fingerprint density at radius 3 is 2.76 bits per heavy atom. The van der Waals surface area contributed by atoms with Crippen LogP contribution in [0.4, 0.5) is 0 Å². The van der Waals surface area contributed by atoms with Crippen molar-refractivity contribution >= 4 is 11.8 Å². The lowest BCUT2D eigenvalue weighted by Gasteiger charge is -2.40. The van der Waals surface area contributed by atoms with E-state index in [4.69, 9.17) is 9.47 Å². The molecule has 1 aliphatic carbocycles. The van der Waals surface area contributed by atoms with Gasteiger partial charge in [-0.3, -0.25) is 14.5 Å². The van der Waals surface area contributed by atoms with E-state index in [1.165, 1.54) is 51.5 Å². The van der Waals surface area contributed by atoms with E-state index in [1.54, 1.807) is 0 Å². The van der Waals surface area contributed by atoms with Crippen molar-refractivity contribution < 1.29 is 19.1 Å². The third-order valence-electron chi connectivity index (χ3n) is 8.15. The lowest BCUT2D eigenvalue weighted by molar-refractivity contribution is 0.0859. The standard InChI is InChI=1S/C31H41N3O4/c35-30-24-7-5-6-23(20-24)21-26-22-25(11-12-29(26)38-19-18-37-17-15-33-30)31(36)32-14-13-28-10-3-4-16-34(28)27-8-1-2-9-27/h5-7,11-12,20,22,27-28H,1-4,8-10,13-19,21H2,(H,32,36)(H,33,35). The van der Waals surface area contributed by atoms with E-state index in [-0.39, 0.29) is 11.8 Å². The number of amides is 2. The lowest BCUT2D eigenvalue weighted by Crippen LogP contribution is -2.46. The largest absolute Gasteiger partial charge is 0.491 e. The van der Waals surface area contributed by atoms with Crippen molar-refractivity contribution in [2.24, 2.45) is 0 Å². The lowest BCUT2D eigenvalue weighted by atomic mass is 9.96. The van der Waals surface area contributed by atoms with E-state index < -0.39 is 0 Å². The average molecular weight is 520 g/mol. The van der Waals surface area contributed by atoms with Crippen molar-refractivity contribution in [3.8, 4) is 5.75 Å². The summed E-state index contributed by atoms with van der Waals surface area (Å²) in [6, 6.07) is 14.6. The molecule has 1 saturated heterocycles. The maximum Gasteiger partial charge on any atom is 0.251 e. The van der Waals surface area contributed by atoms with Crippen molar-refractivity contribution in [2.75, 3.05) is 39.5 Å². The van der Waals surface area contributed by atoms with Crippen LogP contribution in [-0.4, -0.2) is 68.3 Å². The van der Waals surface area contributed by atoms with Gasteiger partial charge < -0.3 is 20.1 Å². The Kier molecular flexibility index (Phi) is 9.31. The van der Waals surface area contributed by atoms with Crippen LogP contribution in [0.3, 0.4) is 0 Å². The van der Waals surface area contributed by atoms with Crippen LogP contribution in [0.1, 0.15) is 83.2 Å². The Morgan fingerprint density at radius 1 is 1.00 bits per heavy atom. The molecule has 3 aliphatic rings. The molecule has 2 aromatic rings. The summed E-state index contributed by atoms with van der Waals surface area (Å²) >= 11 is 0. The minimum Gasteiger partial charge on any atom is -0.491 e. The highest BCUT2D eigenvalue weighted by Gasteiger charge is 2.30. The second-order valence-electron chi connectivity index (χ2n) is 10.8. The Morgan fingerprint density at radius 2 is 1.87 bits per heavy atom. The zero-order valence-corrected chi connectivity index (χ0v) is 22.4. The number of benzene rings is 2. The Hall–Kier alpha value is -2.90. The van der Waals surface area contributed by atoms with Crippen LogP contribution in [0, 0.1) is 0 Å². The number of fused-ring (bicyclic) bond motifs is 3. The van der Waals surface area contributed by atoms with E-state index in [1.807, 2.05) is 42.5 Å². The molecule has 38 heavy (non-hydrogen) atoms. The Labute approximate surface area is 226 Å². The molecule has 7 heteroatoms. The first-order chi connectivity index (χ1) is 18.7. The number of nitrogens with zero attached hydrogens (tertiary/aromatic N) is 1. The first kappa shape index (κ1) is 26.7. The summed E-state index contributed by atoms with van der Waals surface area (Å²) in [5, 5.41) is 6.07. The fourth-order valence-corrected chi connectivity index (χ4v) is 6.20. The first-order valence-corrected chi connectivity index (χ1v) is 14.4. The molecule has 7 nitrogen and oxygen atoms in total. The SMILES string of the molecule is O=C1NCCOCCOc2ccc(C(=O)NCCC3CCCCN3C3CCCC3)cc2Cc2cccc1c2. The van der Waals surface area contributed by atoms with Crippen LogP contribution in [0.5, 0.6) is 5.75 Å². The molecule has 2 aromatic carbocycles. The highest BCUT2D eigenvalue weighted by molar-refractivity contribution is 5.95. The first-order valence-electron chi connectivity index (χ1n) is 14.4. The molecule has 2 fully saturated rings. The van der Waals surface area contributed by atoms with Gasteiger partial charge in [-0.1, -0.05) is 31.4 Å². The molecule has 0 spiro atoms. The Bertz CT molecular complexity index is 1100. The summed E-state index contributed by atoms with van der Waals surface area (Å²) in [6.45, 7) is 3.63. The number of hydrogen-bond acceptors (Lipinski definition) is 5. The number of carbonyl (C=O) groups excluding carboxylic acids is 2. The summed E-state index contributed by atoms with van der Waals surface area (Å²) < 4.78 is 11.6. The molecular formula is C31H41N3O4. The molecule has 0 aromatic heterocycles. The molecule has 2 aliphatic heterocycles. The highest BCUT2D eigenvalue weighted by atomic mass is 16.5. The van der Waals surface area contributed by atoms with Crippen LogP contribution in [0.15, 0.2) is 42.5 Å². The fraction of sp³-hybridized carbons (Fsp3) is 0.548. The Balaban J connectivity index is 1.25. The van der Waals surface area contributed by atoms with Crippen LogP contribution in [0.25, 0.3) is 0 Å². The monoisotopic (exact) mass is 519 g/mol. The van der Waals surface area contributed by atoms with Crippen LogP contribution >= 0.6 is 0 Å². The molecule has 5 rings (SSSR count). The molecule has 2 bridgehead atoms. The minimum atomic E-state index is -0.110. The van der Waals surface area contributed by atoms with Gasteiger partial charge in [-0.25, -0.2) is 0 Å². The molecule has 1 saturated carbocycles. The van der Waals surface area contributed by atoms with Crippen LogP contribution in [0.2, 0.25) is 0 Å². The molecule has 2 amide bonds. The predicted molar refractivity (Wildman–Crippen MR) is 148 cm³/mol. The summed E-state index contributed by atoms with van der Waals surface area (Å²) in [5.74, 6) is 0.583. The van der Waals surface area contributed by atoms with Gasteiger partial charge in [0.2, 0.25) is 0 Å². The van der Waals surface area contributed by atoms with Gasteiger partial charge in [0.05, 0.1) is 13.2 Å². The predicted octanol–water partition coefficient (Wildman–Crippen LogP) is 4.33. The highest BCUT2D eigenvalue weighted by Crippen LogP contribution is 2.30. The second-order valence-corrected chi connectivity index (χ2v) is 10.8. The number of likely N-dealkylation sites (tertiary alicyclic amines) is 1. The summed E-state index contributed by atoms with van der Waals surface area (Å²) in [7, 11) is 0. The van der Waals surface area contributed by atoms with E-state index >= 15 is 0 Å². The quantitative estimate of drug-likeness (QED) is 0.615. The third-order valence-corrected chi connectivity index (χ3v) is 8.15. The summed E-state index contributed by atoms with van der Waals surface area (Å²) in [5.41, 5.74) is 3.17. The van der Waals surface area contributed by atoms with Crippen LogP contribution < -0.4 is 15.4 Å². The van der Waals surface area contributed by atoms with Gasteiger partial charge in [0, 0.05) is 42.7 Å². The third kappa shape index (κ3) is 6.94. The van der Waals surface area contributed by atoms with E-state index in [2.05, 4.69) is 15.5 Å². The van der Waals surface area contributed by atoms with Crippen molar-refractivity contribution in [1.29, 1.82) is 0 Å². The number of hydrogen-bond donors (Lipinski definition) is 2. The van der Waals surface area contributed by atoms with E-state index in [0.717, 1.165) is 29.3 Å². The van der Waals surface area contributed by atoms with Crippen molar-refractivity contribution in [3.63, 3.8) is 0 Å². The van der Waals surface area contributed by atoms with Gasteiger partial charge in [0.25, 0.3) is 11.8 Å². The number of piperidine rings is 1. The van der Waals surface area contributed by atoms with Gasteiger partial charge in [-0.05, 0) is 80.1 Å². The zero-order valence-electron chi connectivity index (χ0n) is 22.4. The fourth-order valence-electron chi connectivity index (χ4n) is 6.20. The van der Waals surface area contributed by atoms with Gasteiger partial charge in [-0.15, -0.1) is 0 Å². The number of nitrogens with one attached hydrogen (secondary N) is 2. The minimum absolute atomic E-state index is 0.0492. The van der Waals surface area contributed by atoms with Gasteiger partial charge in [-0.2, -0.15) is 0 Å². The summed E-state index contributed by atoms with van der Waals surface area (Å²) in [4.78, 5) is 28.4. The van der Waals surface area contributed by atoms with Crippen molar-refractivity contribution in [2.45, 2.75) is 69.9 Å². The summed E-state index contributed by atoms with van der Waals surface area (Å²) in [6.07, 6.45) is 10.8. The molecule has 204 valence electrons. The van der Waals surface area contributed by atoms with Gasteiger partial charge in [0.15, 0.2) is 0 Å². The smallest absolute Gasteiger partial charge is 0.251 e. The normalized spacial score (nSPS) is 21.6. The topological polar surface area (TPSA) is 79.9 Å². The van der Waals surface area contributed by atoms with Crippen LogP contribution in [-0.2, 0) is 11.2 Å². The van der Waals surface area contributed by atoms with E-state index in [9.17, 15) is 9.59 Å². The average Bonchev–Trinajstić information content (AvgIpc) is 3.48.